The van der Waals surface area contributed by atoms with Crippen molar-refractivity contribution in [2.45, 2.75) is 13.5 Å². The molecule has 0 saturated carbocycles. The van der Waals surface area contributed by atoms with Gasteiger partial charge in [-0.25, -0.2) is 4.79 Å². The molecule has 0 spiro atoms. The van der Waals surface area contributed by atoms with E-state index in [0.29, 0.717) is 17.4 Å². The van der Waals surface area contributed by atoms with Gasteiger partial charge in [0.25, 0.3) is 5.69 Å². The van der Waals surface area contributed by atoms with Crippen LogP contribution in [0.15, 0.2) is 36.7 Å². The van der Waals surface area contributed by atoms with Gasteiger partial charge in [-0.2, -0.15) is 4.57 Å². The highest BCUT2D eigenvalue weighted by molar-refractivity contribution is 5.89. The van der Waals surface area contributed by atoms with Crippen molar-refractivity contribution in [3.05, 3.63) is 46.8 Å². The second kappa shape index (κ2) is 5.43. The van der Waals surface area contributed by atoms with Gasteiger partial charge < -0.3 is 4.74 Å². The number of rotatable bonds is 4. The van der Waals surface area contributed by atoms with Crippen molar-refractivity contribution in [2.75, 3.05) is 6.61 Å². The molecule has 0 aliphatic heterocycles. The van der Waals surface area contributed by atoms with Crippen LogP contribution in [0.4, 0.5) is 5.69 Å². The Labute approximate surface area is 109 Å². The molecule has 0 aliphatic rings. The van der Waals surface area contributed by atoms with Crippen LogP contribution in [0, 0.1) is 10.1 Å². The van der Waals surface area contributed by atoms with Crippen LogP contribution in [0.5, 0.6) is 0 Å². The summed E-state index contributed by atoms with van der Waals surface area (Å²) in [5.41, 5.74) is 0.0563. The quantitative estimate of drug-likeness (QED) is 0.362. The number of fused-ring (bicyclic) bond motifs is 1. The summed E-state index contributed by atoms with van der Waals surface area (Å²) >= 11 is 0. The van der Waals surface area contributed by atoms with Gasteiger partial charge in [-0.15, -0.1) is 0 Å². The van der Waals surface area contributed by atoms with Gasteiger partial charge in [0.05, 0.1) is 22.3 Å². The molecule has 0 radical (unpaired) electrons. The van der Waals surface area contributed by atoms with Crippen molar-refractivity contribution in [1.29, 1.82) is 0 Å². The Bertz CT molecular complexity index is 640. The van der Waals surface area contributed by atoms with Crippen LogP contribution in [-0.2, 0) is 16.1 Å². The lowest BCUT2D eigenvalue weighted by Gasteiger charge is -2.00. The molecule has 6 heteroatoms. The number of nitrogens with zero attached hydrogens (tertiary/aromatic N) is 2. The molecular formula is C13H13N2O4+. The zero-order valence-electron chi connectivity index (χ0n) is 10.4. The topological polar surface area (TPSA) is 73.3 Å². The van der Waals surface area contributed by atoms with Crippen molar-refractivity contribution < 1.29 is 19.0 Å². The molecule has 2 rings (SSSR count). The Balaban J connectivity index is 2.36. The smallest absolute Gasteiger partial charge is 0.372 e. The number of non-ortho nitro benzene ring substituents is 1. The van der Waals surface area contributed by atoms with Crippen molar-refractivity contribution >= 4 is 22.4 Å². The van der Waals surface area contributed by atoms with Gasteiger partial charge >= 0.3 is 5.97 Å². The molecule has 0 bridgehead atoms. The van der Waals surface area contributed by atoms with Crippen molar-refractivity contribution in [3.63, 3.8) is 0 Å². The lowest BCUT2D eigenvalue weighted by molar-refractivity contribution is -0.684. The average molecular weight is 261 g/mol. The molecule has 0 saturated heterocycles. The van der Waals surface area contributed by atoms with E-state index in [1.165, 1.54) is 6.07 Å². The molecule has 1 aromatic carbocycles. The minimum Gasteiger partial charge on any atom is -0.461 e. The fourth-order valence-electron chi connectivity index (χ4n) is 1.87. The highest BCUT2D eigenvalue weighted by Crippen LogP contribution is 2.23. The Hall–Kier alpha value is -2.50. The molecule has 0 amide bonds. The summed E-state index contributed by atoms with van der Waals surface area (Å²) in [6.45, 7) is 2.16. The van der Waals surface area contributed by atoms with Crippen LogP contribution in [0.1, 0.15) is 6.92 Å². The SMILES string of the molecule is CCOC(=O)C[n+]1ccc2c([N+](=O)[O-])cccc2c1. The minimum atomic E-state index is -0.419. The van der Waals surface area contributed by atoms with Gasteiger partial charge in [-0.1, -0.05) is 6.07 Å². The van der Waals surface area contributed by atoms with E-state index in [1.807, 2.05) is 0 Å². The molecule has 0 atom stereocenters. The number of carbonyl (C=O) groups is 1. The summed E-state index contributed by atoms with van der Waals surface area (Å²) in [4.78, 5) is 21.8. The molecule has 1 aromatic heterocycles. The number of esters is 1. The maximum absolute atomic E-state index is 11.4. The molecule has 1 heterocycles. The van der Waals surface area contributed by atoms with E-state index < -0.39 is 4.92 Å². The maximum Gasteiger partial charge on any atom is 0.372 e. The third kappa shape index (κ3) is 2.85. The van der Waals surface area contributed by atoms with Crippen LogP contribution < -0.4 is 4.57 Å². The average Bonchev–Trinajstić information content (AvgIpc) is 2.37. The van der Waals surface area contributed by atoms with Gasteiger partial charge in [0.1, 0.15) is 0 Å². The summed E-state index contributed by atoms with van der Waals surface area (Å²) in [5.74, 6) is -0.336. The largest absolute Gasteiger partial charge is 0.461 e. The van der Waals surface area contributed by atoms with E-state index in [-0.39, 0.29) is 18.2 Å². The van der Waals surface area contributed by atoms with E-state index in [9.17, 15) is 14.9 Å². The summed E-state index contributed by atoms with van der Waals surface area (Å²) in [6.07, 6.45) is 3.32. The highest BCUT2D eigenvalue weighted by atomic mass is 16.6. The molecule has 2 aromatic rings. The number of hydrogen-bond donors (Lipinski definition) is 0. The fourth-order valence-corrected chi connectivity index (χ4v) is 1.87. The van der Waals surface area contributed by atoms with Crippen molar-refractivity contribution in [2.24, 2.45) is 0 Å². The van der Waals surface area contributed by atoms with E-state index in [0.717, 1.165) is 0 Å². The Morgan fingerprint density at radius 2 is 2.21 bits per heavy atom. The van der Waals surface area contributed by atoms with Crippen LogP contribution in [0.2, 0.25) is 0 Å². The number of ether oxygens (including phenoxy) is 1. The standard InChI is InChI=1S/C13H13N2O4/c1-2-19-13(16)9-14-7-6-11-10(8-14)4-3-5-12(11)15(17)18/h3-8H,2,9H2,1H3/q+1. The molecule has 19 heavy (non-hydrogen) atoms. The first kappa shape index (κ1) is 12.9. The van der Waals surface area contributed by atoms with E-state index in [1.54, 1.807) is 42.1 Å². The minimum absolute atomic E-state index is 0.0563. The van der Waals surface area contributed by atoms with E-state index in [2.05, 4.69) is 0 Å². The van der Waals surface area contributed by atoms with E-state index >= 15 is 0 Å². The van der Waals surface area contributed by atoms with Gasteiger partial charge in [-0.3, -0.25) is 10.1 Å². The number of nitro groups is 1. The predicted molar refractivity (Wildman–Crippen MR) is 67.4 cm³/mol. The van der Waals surface area contributed by atoms with Crippen molar-refractivity contribution in [1.82, 2.24) is 0 Å². The summed E-state index contributed by atoms with van der Waals surface area (Å²) in [7, 11) is 0. The molecule has 0 fully saturated rings. The maximum atomic E-state index is 11.4. The van der Waals surface area contributed by atoms with Gasteiger partial charge in [-0.05, 0) is 13.0 Å². The highest BCUT2D eigenvalue weighted by Gasteiger charge is 2.15. The first-order valence-corrected chi connectivity index (χ1v) is 5.83. The second-order valence-electron chi connectivity index (χ2n) is 3.96. The third-order valence-electron chi connectivity index (χ3n) is 2.67. The number of hydrogen-bond acceptors (Lipinski definition) is 4. The van der Waals surface area contributed by atoms with Crippen LogP contribution in [-0.4, -0.2) is 17.5 Å². The number of carbonyl (C=O) groups excluding carboxylic acids is 1. The number of benzene rings is 1. The van der Waals surface area contributed by atoms with E-state index in [4.69, 9.17) is 4.74 Å². The Morgan fingerprint density at radius 1 is 1.42 bits per heavy atom. The predicted octanol–water partition coefficient (Wildman–Crippen LogP) is 1.60. The molecular weight excluding hydrogens is 248 g/mol. The van der Waals surface area contributed by atoms with Crippen LogP contribution in [0.25, 0.3) is 10.8 Å². The molecule has 98 valence electrons. The number of aromatic nitrogens is 1. The number of nitro benzene ring substituents is 1. The van der Waals surface area contributed by atoms with Crippen LogP contribution in [0.3, 0.4) is 0 Å². The summed E-state index contributed by atoms with van der Waals surface area (Å²) < 4.78 is 6.49. The lowest BCUT2D eigenvalue weighted by Crippen LogP contribution is -2.37. The van der Waals surface area contributed by atoms with Gasteiger partial charge in [0.15, 0.2) is 12.4 Å². The Morgan fingerprint density at radius 3 is 2.89 bits per heavy atom. The Kier molecular flexibility index (Phi) is 3.70. The first-order chi connectivity index (χ1) is 9.11. The zero-order valence-corrected chi connectivity index (χ0v) is 10.4. The fraction of sp³-hybridized carbons (Fsp3) is 0.231. The first-order valence-electron chi connectivity index (χ1n) is 5.83. The third-order valence-corrected chi connectivity index (χ3v) is 2.67. The normalized spacial score (nSPS) is 10.4. The summed E-state index contributed by atoms with van der Waals surface area (Å²) in [5, 5.41) is 12.1. The second-order valence-corrected chi connectivity index (χ2v) is 3.96. The summed E-state index contributed by atoms with van der Waals surface area (Å²) in [6, 6.07) is 6.48. The van der Waals surface area contributed by atoms with Crippen LogP contribution >= 0.6 is 0 Å². The van der Waals surface area contributed by atoms with Crippen molar-refractivity contribution in [3.8, 4) is 0 Å². The van der Waals surface area contributed by atoms with Gasteiger partial charge in [0.2, 0.25) is 6.54 Å². The lowest BCUT2D eigenvalue weighted by atomic mass is 10.1. The molecule has 0 aliphatic carbocycles. The molecule has 0 unspecified atom stereocenters. The molecule has 0 N–H and O–H groups in total. The zero-order chi connectivity index (χ0) is 13.8. The number of pyridine rings is 1. The molecule has 6 nitrogen and oxygen atoms in total. The monoisotopic (exact) mass is 261 g/mol. The van der Waals surface area contributed by atoms with Gasteiger partial charge in [0, 0.05) is 12.1 Å².